The van der Waals surface area contributed by atoms with Gasteiger partial charge in [0.05, 0.1) is 7.11 Å². The second kappa shape index (κ2) is 9.39. The minimum absolute atomic E-state index is 0.874. The number of hydrazone groups is 1. The lowest BCUT2D eigenvalue weighted by Crippen LogP contribution is -2.43. The number of benzene rings is 3. The van der Waals surface area contributed by atoms with Crippen molar-refractivity contribution >= 4 is 23.1 Å². The van der Waals surface area contributed by atoms with Gasteiger partial charge in [-0.25, -0.2) is 0 Å². The molecule has 0 aliphatic carbocycles. The summed E-state index contributed by atoms with van der Waals surface area (Å²) in [6.45, 7) is 4.94. The second-order valence-electron chi connectivity index (χ2n) is 7.23. The summed E-state index contributed by atoms with van der Waals surface area (Å²) in [7, 11) is 1.69. The van der Waals surface area contributed by atoms with Gasteiger partial charge in [-0.05, 0) is 34.6 Å². The molecule has 1 fully saturated rings. The third-order valence-corrected chi connectivity index (χ3v) is 5.35. The Labute approximate surface area is 172 Å². The summed E-state index contributed by atoms with van der Waals surface area (Å²) in [6, 6.07) is 23.2. The van der Waals surface area contributed by atoms with E-state index in [1.807, 2.05) is 42.6 Å². The van der Waals surface area contributed by atoms with Gasteiger partial charge in [-0.2, -0.15) is 5.10 Å². The van der Waals surface area contributed by atoms with E-state index in [-0.39, 0.29) is 0 Å². The number of nitrogens with zero attached hydrogens (tertiary/aromatic N) is 3. The number of fused-ring (bicyclic) bond motifs is 1. The highest BCUT2D eigenvalue weighted by molar-refractivity contribution is 5.85. The van der Waals surface area contributed by atoms with Gasteiger partial charge in [0, 0.05) is 44.5 Å². The summed E-state index contributed by atoms with van der Waals surface area (Å²) in [5.74, 6) is 0.874. The number of ether oxygens (including phenoxy) is 1. The van der Waals surface area contributed by atoms with Crippen molar-refractivity contribution in [2.75, 3.05) is 33.3 Å². The molecule has 0 spiro atoms. The van der Waals surface area contributed by atoms with Gasteiger partial charge >= 0.3 is 0 Å². The normalized spacial score (nSPS) is 15.6. The maximum atomic E-state index is 5.37. The Morgan fingerprint density at radius 1 is 0.897 bits per heavy atom. The van der Waals surface area contributed by atoms with Crippen LogP contribution in [0.25, 0.3) is 16.8 Å². The number of rotatable bonds is 6. The Morgan fingerprint density at radius 3 is 2.52 bits per heavy atom. The number of hydrogen-bond donors (Lipinski definition) is 0. The Balaban J connectivity index is 1.30. The Hall–Kier alpha value is -3.11. The number of hydrogen-bond acceptors (Lipinski definition) is 4. The molecule has 1 heterocycles. The molecular formula is C25H27N3O. The zero-order valence-corrected chi connectivity index (χ0v) is 16.9. The van der Waals surface area contributed by atoms with Crippen molar-refractivity contribution in [3.63, 3.8) is 0 Å². The van der Waals surface area contributed by atoms with Crippen LogP contribution in [0.2, 0.25) is 0 Å². The first-order chi connectivity index (χ1) is 14.3. The van der Waals surface area contributed by atoms with Gasteiger partial charge in [-0.15, -0.1) is 0 Å². The molecule has 3 aromatic rings. The fraction of sp³-hybridized carbons (Fsp3) is 0.240. The summed E-state index contributed by atoms with van der Waals surface area (Å²) in [5, 5.41) is 9.42. The minimum Gasteiger partial charge on any atom is -0.496 e. The molecule has 4 heteroatoms. The molecule has 148 valence electrons. The molecule has 3 aromatic carbocycles. The monoisotopic (exact) mass is 385 g/mol. The van der Waals surface area contributed by atoms with Gasteiger partial charge in [0.2, 0.25) is 0 Å². The molecule has 29 heavy (non-hydrogen) atoms. The van der Waals surface area contributed by atoms with Crippen molar-refractivity contribution in [2.45, 2.75) is 6.54 Å². The molecular weight excluding hydrogens is 358 g/mol. The quantitative estimate of drug-likeness (QED) is 0.578. The zero-order valence-electron chi connectivity index (χ0n) is 16.9. The summed E-state index contributed by atoms with van der Waals surface area (Å²) in [5.41, 5.74) is 2.46. The van der Waals surface area contributed by atoms with Gasteiger partial charge in [0.15, 0.2) is 0 Å². The van der Waals surface area contributed by atoms with E-state index < -0.39 is 0 Å². The van der Waals surface area contributed by atoms with Crippen molar-refractivity contribution in [2.24, 2.45) is 5.10 Å². The highest BCUT2D eigenvalue weighted by atomic mass is 16.5. The first kappa shape index (κ1) is 19.2. The van der Waals surface area contributed by atoms with Crippen molar-refractivity contribution in [3.05, 3.63) is 83.9 Å². The molecule has 0 atom stereocenters. The van der Waals surface area contributed by atoms with Gasteiger partial charge in [-0.3, -0.25) is 9.91 Å². The van der Waals surface area contributed by atoms with E-state index in [0.29, 0.717) is 0 Å². The van der Waals surface area contributed by atoms with E-state index in [1.54, 1.807) is 7.11 Å². The summed E-state index contributed by atoms with van der Waals surface area (Å²) in [6.07, 6.45) is 5.87. The van der Waals surface area contributed by atoms with Gasteiger partial charge < -0.3 is 4.74 Å². The van der Waals surface area contributed by atoms with Crippen molar-refractivity contribution in [1.82, 2.24) is 9.91 Å². The average molecular weight is 386 g/mol. The van der Waals surface area contributed by atoms with Crippen LogP contribution in [0, 0.1) is 0 Å². The SMILES string of the molecule is COc1ccccc1/C=C/C=N\N1CCN(Cc2cccc3ccccc23)CC1. The van der Waals surface area contributed by atoms with Gasteiger partial charge in [0.1, 0.15) is 5.75 Å². The van der Waals surface area contributed by atoms with Crippen LogP contribution < -0.4 is 4.74 Å². The summed E-state index contributed by atoms with van der Waals surface area (Å²) >= 11 is 0. The van der Waals surface area contributed by atoms with Crippen LogP contribution in [0.15, 0.2) is 77.9 Å². The van der Waals surface area contributed by atoms with Gasteiger partial charge in [0.25, 0.3) is 0 Å². The Morgan fingerprint density at radius 2 is 1.66 bits per heavy atom. The van der Waals surface area contributed by atoms with Crippen LogP contribution in [-0.4, -0.2) is 49.4 Å². The first-order valence-electron chi connectivity index (χ1n) is 10.1. The predicted molar refractivity (Wildman–Crippen MR) is 121 cm³/mol. The molecule has 1 aliphatic rings. The molecule has 0 saturated carbocycles. The van der Waals surface area contributed by atoms with Crippen molar-refractivity contribution in [1.29, 1.82) is 0 Å². The highest BCUT2D eigenvalue weighted by Gasteiger charge is 2.16. The van der Waals surface area contributed by atoms with Crippen LogP contribution in [0.5, 0.6) is 5.75 Å². The van der Waals surface area contributed by atoms with E-state index in [2.05, 4.69) is 57.5 Å². The fourth-order valence-corrected chi connectivity index (χ4v) is 3.77. The van der Waals surface area contributed by atoms with Crippen LogP contribution in [0.3, 0.4) is 0 Å². The van der Waals surface area contributed by atoms with E-state index in [1.165, 1.54) is 16.3 Å². The van der Waals surface area contributed by atoms with Crippen molar-refractivity contribution in [3.8, 4) is 5.75 Å². The molecule has 0 radical (unpaired) electrons. The Bertz CT molecular complexity index is 998. The maximum Gasteiger partial charge on any atom is 0.126 e. The van der Waals surface area contributed by atoms with Crippen LogP contribution in [0.4, 0.5) is 0 Å². The molecule has 4 rings (SSSR count). The molecule has 1 saturated heterocycles. The molecule has 0 bridgehead atoms. The van der Waals surface area contributed by atoms with E-state index in [4.69, 9.17) is 4.74 Å². The third-order valence-electron chi connectivity index (χ3n) is 5.35. The van der Waals surface area contributed by atoms with Gasteiger partial charge in [-0.1, -0.05) is 60.7 Å². The smallest absolute Gasteiger partial charge is 0.126 e. The van der Waals surface area contributed by atoms with Crippen LogP contribution >= 0.6 is 0 Å². The standard InChI is InChI=1S/C25H27N3O/c1-29-25-14-5-3-9-22(25)12-7-15-26-28-18-16-27(17-19-28)20-23-11-6-10-21-8-2-4-13-24(21)23/h2-15H,16-20H2,1H3/b12-7+,26-15-. The largest absolute Gasteiger partial charge is 0.496 e. The molecule has 4 nitrogen and oxygen atoms in total. The number of piperazine rings is 1. The molecule has 0 aromatic heterocycles. The lowest BCUT2D eigenvalue weighted by Gasteiger charge is -2.33. The van der Waals surface area contributed by atoms with Crippen molar-refractivity contribution < 1.29 is 4.74 Å². The molecule has 0 amide bonds. The second-order valence-corrected chi connectivity index (χ2v) is 7.23. The fourth-order valence-electron chi connectivity index (χ4n) is 3.77. The molecule has 1 aliphatic heterocycles. The van der Waals surface area contributed by atoms with E-state index in [9.17, 15) is 0 Å². The lowest BCUT2D eigenvalue weighted by atomic mass is 10.0. The average Bonchev–Trinajstić information content (AvgIpc) is 2.78. The number of para-hydroxylation sites is 1. The Kier molecular flexibility index (Phi) is 6.22. The molecule has 0 N–H and O–H groups in total. The van der Waals surface area contributed by atoms with E-state index >= 15 is 0 Å². The summed E-state index contributed by atoms with van der Waals surface area (Å²) < 4.78 is 5.37. The minimum atomic E-state index is 0.874. The third kappa shape index (κ3) is 4.84. The lowest BCUT2D eigenvalue weighted by molar-refractivity contribution is 0.131. The highest BCUT2D eigenvalue weighted by Crippen LogP contribution is 2.21. The zero-order chi connectivity index (χ0) is 19.9. The number of methoxy groups -OCH3 is 1. The predicted octanol–water partition coefficient (Wildman–Crippen LogP) is 4.67. The first-order valence-corrected chi connectivity index (χ1v) is 10.1. The van der Waals surface area contributed by atoms with E-state index in [0.717, 1.165) is 44.0 Å². The molecule has 0 unspecified atom stereocenters. The number of allylic oxidation sites excluding steroid dienone is 1. The topological polar surface area (TPSA) is 28.1 Å². The van der Waals surface area contributed by atoms with Crippen LogP contribution in [-0.2, 0) is 6.54 Å². The summed E-state index contributed by atoms with van der Waals surface area (Å²) in [4.78, 5) is 2.51. The van der Waals surface area contributed by atoms with Crippen LogP contribution in [0.1, 0.15) is 11.1 Å². The maximum absolute atomic E-state index is 5.37.